The molecule has 1 aromatic heterocycles. The number of aryl methyl sites for hydroxylation is 1. The number of hydrogen-bond donors (Lipinski definition) is 3. The van der Waals surface area contributed by atoms with E-state index in [1.165, 1.54) is 24.0 Å². The molecule has 6 heteroatoms. The average molecular weight is 260 g/mol. The van der Waals surface area contributed by atoms with Crippen molar-refractivity contribution in [3.05, 3.63) is 51.9 Å². The third kappa shape index (κ3) is 2.78. The van der Waals surface area contributed by atoms with Crippen molar-refractivity contribution < 1.29 is 0 Å². The second-order valence-electron chi connectivity index (χ2n) is 3.73. The first-order valence-electron chi connectivity index (χ1n) is 5.24. The fraction of sp³-hybridized carbons (Fsp3) is 0.0833. The van der Waals surface area contributed by atoms with Gasteiger partial charge in [0.05, 0.1) is 0 Å². The van der Waals surface area contributed by atoms with Crippen LogP contribution in [0.2, 0.25) is 0 Å². The Morgan fingerprint density at radius 1 is 1.44 bits per heavy atom. The number of nitrogens with zero attached hydrogens (tertiary/aromatic N) is 1. The molecule has 4 N–H and O–H groups in total. The molecule has 0 spiro atoms. The fourth-order valence-electron chi connectivity index (χ4n) is 1.52. The largest absolute Gasteiger partial charge is 0.384 e. The maximum absolute atomic E-state index is 11.1. The zero-order valence-electron chi connectivity index (χ0n) is 9.73. The van der Waals surface area contributed by atoms with Gasteiger partial charge in [-0.15, -0.1) is 0 Å². The summed E-state index contributed by atoms with van der Waals surface area (Å²) < 4.78 is 0. The number of nitrogens with two attached hydrogens (primary N) is 1. The van der Waals surface area contributed by atoms with Crippen molar-refractivity contribution in [3.63, 3.8) is 0 Å². The number of rotatable bonds is 3. The van der Waals surface area contributed by atoms with Crippen LogP contribution in [0.4, 0.5) is 0 Å². The summed E-state index contributed by atoms with van der Waals surface area (Å²) in [6, 6.07) is 6.92. The number of benzene rings is 1. The Hall–Kier alpha value is -2.08. The summed E-state index contributed by atoms with van der Waals surface area (Å²) in [7, 11) is 0. The van der Waals surface area contributed by atoms with Crippen molar-refractivity contribution in [1.29, 1.82) is 5.41 Å². The third-order valence-corrected chi connectivity index (χ3v) is 3.24. The van der Waals surface area contributed by atoms with Gasteiger partial charge in [0, 0.05) is 22.7 Å². The molecule has 2 rings (SSSR count). The van der Waals surface area contributed by atoms with E-state index in [9.17, 15) is 4.79 Å². The molecule has 0 saturated carbocycles. The lowest BCUT2D eigenvalue weighted by Crippen LogP contribution is -2.12. The highest BCUT2D eigenvalue weighted by molar-refractivity contribution is 7.99. The lowest BCUT2D eigenvalue weighted by Gasteiger charge is -2.06. The molecule has 18 heavy (non-hydrogen) atoms. The van der Waals surface area contributed by atoms with Crippen molar-refractivity contribution in [2.75, 3.05) is 0 Å². The summed E-state index contributed by atoms with van der Waals surface area (Å²) in [6.07, 6.45) is 1.47. The van der Waals surface area contributed by atoms with E-state index in [0.717, 1.165) is 10.5 Å². The highest BCUT2D eigenvalue weighted by Crippen LogP contribution is 2.25. The van der Waals surface area contributed by atoms with Gasteiger partial charge in [0.1, 0.15) is 5.84 Å². The van der Waals surface area contributed by atoms with Gasteiger partial charge < -0.3 is 10.7 Å². The maximum Gasteiger partial charge on any atom is 0.251 e. The summed E-state index contributed by atoms with van der Waals surface area (Å²) in [5, 5.41) is 7.95. The van der Waals surface area contributed by atoms with E-state index in [1.807, 2.05) is 19.1 Å². The van der Waals surface area contributed by atoms with Crippen LogP contribution in [-0.2, 0) is 0 Å². The molecule has 0 radical (unpaired) electrons. The molecule has 0 aliphatic carbocycles. The summed E-state index contributed by atoms with van der Waals surface area (Å²) >= 11 is 1.36. The lowest BCUT2D eigenvalue weighted by atomic mass is 10.1. The Labute approximate surface area is 108 Å². The zero-order valence-corrected chi connectivity index (χ0v) is 10.5. The van der Waals surface area contributed by atoms with Crippen molar-refractivity contribution in [2.24, 2.45) is 5.73 Å². The Balaban J connectivity index is 2.28. The van der Waals surface area contributed by atoms with Gasteiger partial charge in [0.15, 0.2) is 5.16 Å². The molecule has 0 aliphatic heterocycles. The van der Waals surface area contributed by atoms with Crippen LogP contribution in [-0.4, -0.2) is 15.8 Å². The monoisotopic (exact) mass is 260 g/mol. The Morgan fingerprint density at radius 2 is 2.22 bits per heavy atom. The van der Waals surface area contributed by atoms with Crippen LogP contribution in [0, 0.1) is 12.3 Å². The van der Waals surface area contributed by atoms with E-state index in [1.54, 1.807) is 6.07 Å². The van der Waals surface area contributed by atoms with E-state index < -0.39 is 0 Å². The molecule has 92 valence electrons. The molecule has 0 amide bonds. The summed E-state index contributed by atoms with van der Waals surface area (Å²) in [6.45, 7) is 1.89. The molecule has 1 aromatic carbocycles. The minimum absolute atomic E-state index is 0.0512. The van der Waals surface area contributed by atoms with Gasteiger partial charge in [-0.25, -0.2) is 4.98 Å². The van der Waals surface area contributed by atoms with Crippen molar-refractivity contribution in [1.82, 2.24) is 9.97 Å². The number of amidine groups is 1. The highest BCUT2D eigenvalue weighted by Gasteiger charge is 2.05. The molecule has 1 heterocycles. The van der Waals surface area contributed by atoms with Crippen LogP contribution >= 0.6 is 11.8 Å². The molecule has 0 atom stereocenters. The summed E-state index contributed by atoms with van der Waals surface area (Å²) in [5.41, 5.74) is 6.92. The van der Waals surface area contributed by atoms with Crippen LogP contribution in [0.5, 0.6) is 0 Å². The van der Waals surface area contributed by atoms with Crippen LogP contribution in [0.1, 0.15) is 11.1 Å². The third-order valence-electron chi connectivity index (χ3n) is 2.35. The van der Waals surface area contributed by atoms with Gasteiger partial charge in [-0.3, -0.25) is 10.2 Å². The van der Waals surface area contributed by atoms with E-state index in [-0.39, 0.29) is 11.4 Å². The average Bonchev–Trinajstić information content (AvgIpc) is 2.28. The standard InChI is InChI=1S/C12H12N4OS/c1-7-6-8(2-3-9(7)11(13)14)18-12-15-5-4-10(17)16-12/h2-6H,1H3,(H3,13,14)(H,15,16,17). The number of aromatic nitrogens is 2. The Morgan fingerprint density at radius 3 is 2.83 bits per heavy atom. The van der Waals surface area contributed by atoms with E-state index in [2.05, 4.69) is 9.97 Å². The molecule has 0 bridgehead atoms. The molecular formula is C12H12N4OS. The topological polar surface area (TPSA) is 95.6 Å². The van der Waals surface area contributed by atoms with Crippen LogP contribution in [0.25, 0.3) is 0 Å². The lowest BCUT2D eigenvalue weighted by molar-refractivity contribution is 0.936. The van der Waals surface area contributed by atoms with Crippen molar-refractivity contribution >= 4 is 17.6 Å². The van der Waals surface area contributed by atoms with E-state index in [0.29, 0.717) is 10.7 Å². The minimum atomic E-state index is -0.176. The van der Waals surface area contributed by atoms with Crippen LogP contribution in [0.3, 0.4) is 0 Å². The summed E-state index contributed by atoms with van der Waals surface area (Å²) in [4.78, 5) is 18.8. The minimum Gasteiger partial charge on any atom is -0.384 e. The van der Waals surface area contributed by atoms with Gasteiger partial charge in [-0.05, 0) is 30.7 Å². The number of H-pyrrole nitrogens is 1. The molecule has 0 unspecified atom stereocenters. The Bertz CT molecular complexity index is 651. The number of nitrogen functional groups attached to an aromatic ring is 1. The zero-order chi connectivity index (χ0) is 13.1. The second kappa shape index (κ2) is 5.05. The van der Waals surface area contributed by atoms with Gasteiger partial charge in [0.25, 0.3) is 5.56 Å². The van der Waals surface area contributed by atoms with Crippen LogP contribution < -0.4 is 11.3 Å². The fourth-order valence-corrected chi connectivity index (χ4v) is 2.38. The number of hydrogen-bond acceptors (Lipinski definition) is 4. The van der Waals surface area contributed by atoms with E-state index >= 15 is 0 Å². The van der Waals surface area contributed by atoms with Gasteiger partial charge in [0.2, 0.25) is 0 Å². The molecule has 0 saturated heterocycles. The first-order chi connectivity index (χ1) is 8.56. The van der Waals surface area contributed by atoms with Crippen molar-refractivity contribution in [2.45, 2.75) is 17.0 Å². The normalized spacial score (nSPS) is 10.3. The quantitative estimate of drug-likeness (QED) is 0.443. The smallest absolute Gasteiger partial charge is 0.251 e. The van der Waals surface area contributed by atoms with Crippen molar-refractivity contribution in [3.8, 4) is 0 Å². The SMILES string of the molecule is Cc1cc(Sc2nccc(=O)[nH]2)ccc1C(=N)N. The molecular weight excluding hydrogens is 248 g/mol. The predicted octanol–water partition coefficient (Wildman–Crippen LogP) is 1.51. The highest BCUT2D eigenvalue weighted by atomic mass is 32.2. The summed E-state index contributed by atoms with van der Waals surface area (Å²) in [5.74, 6) is 0.0512. The predicted molar refractivity (Wildman–Crippen MR) is 71.2 cm³/mol. The number of nitrogens with one attached hydrogen (secondary N) is 2. The van der Waals surface area contributed by atoms with Crippen LogP contribution in [0.15, 0.2) is 45.3 Å². The number of aromatic amines is 1. The molecule has 2 aromatic rings. The van der Waals surface area contributed by atoms with E-state index in [4.69, 9.17) is 11.1 Å². The Kier molecular flexibility index (Phi) is 3.47. The molecule has 5 nitrogen and oxygen atoms in total. The first-order valence-corrected chi connectivity index (χ1v) is 6.06. The van der Waals surface area contributed by atoms with Gasteiger partial charge in [-0.2, -0.15) is 0 Å². The molecule has 0 aliphatic rings. The molecule has 0 fully saturated rings. The second-order valence-corrected chi connectivity index (χ2v) is 4.79. The van der Waals surface area contributed by atoms with Gasteiger partial charge in [-0.1, -0.05) is 11.8 Å². The maximum atomic E-state index is 11.1. The first kappa shape index (κ1) is 12.4. The van der Waals surface area contributed by atoms with Gasteiger partial charge >= 0.3 is 0 Å².